The summed E-state index contributed by atoms with van der Waals surface area (Å²) in [5, 5.41) is 3.89. The Morgan fingerprint density at radius 3 is 2.35 bits per heavy atom. The Bertz CT molecular complexity index is 574. The predicted octanol–water partition coefficient (Wildman–Crippen LogP) is 3.87. The minimum Gasteiger partial charge on any atom is -0.267 e. The normalized spacial score (nSPS) is 10.7. The molecule has 0 heterocycles. The van der Waals surface area contributed by atoms with E-state index in [0.29, 0.717) is 5.56 Å². The molecule has 2 aromatic carbocycles. The maximum atomic E-state index is 11.8. The molecule has 3 nitrogen and oxygen atoms in total. The van der Waals surface area contributed by atoms with Gasteiger partial charge >= 0.3 is 0 Å². The van der Waals surface area contributed by atoms with Crippen molar-refractivity contribution >= 4 is 12.1 Å². The summed E-state index contributed by atoms with van der Waals surface area (Å²) < 4.78 is 0. The molecular formula is C17H18N2O. The molecule has 0 saturated carbocycles. The lowest BCUT2D eigenvalue weighted by molar-refractivity contribution is 0.0955. The number of hydrazone groups is 1. The molecule has 20 heavy (non-hydrogen) atoms. The highest BCUT2D eigenvalue weighted by molar-refractivity contribution is 5.94. The first-order valence-corrected chi connectivity index (χ1v) is 6.78. The van der Waals surface area contributed by atoms with Crippen molar-refractivity contribution in [2.75, 3.05) is 0 Å². The van der Waals surface area contributed by atoms with Crippen molar-refractivity contribution in [1.29, 1.82) is 0 Å². The summed E-state index contributed by atoms with van der Waals surface area (Å²) in [6.07, 6.45) is 3.61. The second-order valence-electron chi connectivity index (χ2n) is 4.48. The van der Waals surface area contributed by atoms with Crippen LogP contribution < -0.4 is 5.43 Å². The fourth-order valence-electron chi connectivity index (χ4n) is 1.81. The van der Waals surface area contributed by atoms with Gasteiger partial charge in [-0.2, -0.15) is 5.10 Å². The van der Waals surface area contributed by atoms with E-state index in [0.717, 1.165) is 24.0 Å². The lowest BCUT2D eigenvalue weighted by Gasteiger charge is -2.03. The van der Waals surface area contributed by atoms with Crippen LogP contribution in [-0.2, 0) is 0 Å². The number of nitrogens with zero attached hydrogens (tertiary/aromatic N) is 1. The van der Waals surface area contributed by atoms with Crippen LogP contribution in [0, 0.1) is 0 Å². The zero-order valence-corrected chi connectivity index (χ0v) is 11.5. The van der Waals surface area contributed by atoms with Crippen LogP contribution in [0.15, 0.2) is 59.7 Å². The number of unbranched alkanes of at least 4 members (excludes halogenated alkanes) is 1. The minimum absolute atomic E-state index is 0.183. The van der Waals surface area contributed by atoms with E-state index in [1.165, 1.54) is 0 Å². The molecule has 102 valence electrons. The Balaban J connectivity index is 2.03. The fraction of sp³-hybridized carbons (Fsp3) is 0.176. The van der Waals surface area contributed by atoms with Gasteiger partial charge in [-0.1, -0.05) is 55.8 Å². The molecule has 0 aromatic heterocycles. The van der Waals surface area contributed by atoms with Crippen molar-refractivity contribution < 1.29 is 4.79 Å². The molecular weight excluding hydrogens is 248 g/mol. The molecule has 0 atom stereocenters. The van der Waals surface area contributed by atoms with E-state index in [1.807, 2.05) is 54.6 Å². The van der Waals surface area contributed by atoms with Crippen molar-refractivity contribution in [3.63, 3.8) is 0 Å². The lowest BCUT2D eigenvalue weighted by Crippen LogP contribution is -2.17. The standard InChI is InChI=1S/C17H18N2O/c1-2-3-13-18-19-17(20)16-11-9-15(10-12-16)14-7-5-4-6-8-14/h4-13H,2-3H2,1H3,(H,19,20)/b18-13+. The number of carbonyl (C=O) groups is 1. The van der Waals surface area contributed by atoms with E-state index in [-0.39, 0.29) is 5.91 Å². The molecule has 0 bridgehead atoms. The van der Waals surface area contributed by atoms with Gasteiger partial charge in [0, 0.05) is 11.8 Å². The fourth-order valence-corrected chi connectivity index (χ4v) is 1.81. The predicted molar refractivity (Wildman–Crippen MR) is 82.7 cm³/mol. The van der Waals surface area contributed by atoms with Crippen LogP contribution in [0.5, 0.6) is 0 Å². The Morgan fingerprint density at radius 2 is 1.70 bits per heavy atom. The quantitative estimate of drug-likeness (QED) is 0.647. The van der Waals surface area contributed by atoms with E-state index in [1.54, 1.807) is 6.21 Å². The number of benzene rings is 2. The van der Waals surface area contributed by atoms with Crippen LogP contribution in [0.4, 0.5) is 0 Å². The third-order valence-corrected chi connectivity index (χ3v) is 2.93. The van der Waals surface area contributed by atoms with Crippen LogP contribution in [0.2, 0.25) is 0 Å². The van der Waals surface area contributed by atoms with Crippen molar-refractivity contribution in [1.82, 2.24) is 5.43 Å². The first-order valence-electron chi connectivity index (χ1n) is 6.78. The van der Waals surface area contributed by atoms with Gasteiger partial charge in [0.05, 0.1) is 0 Å². The van der Waals surface area contributed by atoms with Gasteiger partial charge in [-0.15, -0.1) is 0 Å². The lowest BCUT2D eigenvalue weighted by atomic mass is 10.0. The molecule has 0 radical (unpaired) electrons. The molecule has 3 heteroatoms. The average molecular weight is 266 g/mol. The van der Waals surface area contributed by atoms with Gasteiger partial charge in [0.1, 0.15) is 0 Å². The molecule has 1 N–H and O–H groups in total. The average Bonchev–Trinajstić information content (AvgIpc) is 2.52. The topological polar surface area (TPSA) is 41.5 Å². The van der Waals surface area contributed by atoms with Crippen molar-refractivity contribution in [3.8, 4) is 11.1 Å². The Morgan fingerprint density at radius 1 is 1.05 bits per heavy atom. The number of hydrogen-bond acceptors (Lipinski definition) is 2. The van der Waals surface area contributed by atoms with E-state index >= 15 is 0 Å². The number of carbonyl (C=O) groups excluding carboxylic acids is 1. The van der Waals surface area contributed by atoms with E-state index < -0.39 is 0 Å². The Labute approximate surface area is 119 Å². The molecule has 0 unspecified atom stereocenters. The highest BCUT2D eigenvalue weighted by atomic mass is 16.2. The molecule has 0 saturated heterocycles. The van der Waals surface area contributed by atoms with E-state index in [2.05, 4.69) is 17.5 Å². The number of amides is 1. The molecule has 1 amide bonds. The van der Waals surface area contributed by atoms with Crippen LogP contribution in [-0.4, -0.2) is 12.1 Å². The number of rotatable bonds is 5. The molecule has 2 aromatic rings. The van der Waals surface area contributed by atoms with E-state index in [9.17, 15) is 4.79 Å². The third-order valence-electron chi connectivity index (χ3n) is 2.93. The zero-order chi connectivity index (χ0) is 14.2. The third kappa shape index (κ3) is 3.79. The second-order valence-corrected chi connectivity index (χ2v) is 4.48. The van der Waals surface area contributed by atoms with Crippen LogP contribution in [0.1, 0.15) is 30.1 Å². The highest BCUT2D eigenvalue weighted by Gasteiger charge is 2.04. The van der Waals surface area contributed by atoms with Gasteiger partial charge < -0.3 is 0 Å². The summed E-state index contributed by atoms with van der Waals surface area (Å²) in [5.41, 5.74) is 5.37. The number of nitrogens with one attached hydrogen (secondary N) is 1. The number of hydrogen-bond donors (Lipinski definition) is 1. The summed E-state index contributed by atoms with van der Waals surface area (Å²) >= 11 is 0. The summed E-state index contributed by atoms with van der Waals surface area (Å²) in [5.74, 6) is -0.183. The van der Waals surface area contributed by atoms with Crippen LogP contribution in [0.3, 0.4) is 0 Å². The first-order chi connectivity index (χ1) is 9.81. The van der Waals surface area contributed by atoms with Gasteiger partial charge in [-0.3, -0.25) is 4.79 Å². The van der Waals surface area contributed by atoms with Gasteiger partial charge in [0.15, 0.2) is 0 Å². The Hall–Kier alpha value is -2.42. The minimum atomic E-state index is -0.183. The summed E-state index contributed by atoms with van der Waals surface area (Å²) in [7, 11) is 0. The summed E-state index contributed by atoms with van der Waals surface area (Å²) in [6.45, 7) is 2.07. The van der Waals surface area contributed by atoms with Gasteiger partial charge in [0.2, 0.25) is 0 Å². The van der Waals surface area contributed by atoms with Gasteiger partial charge in [0.25, 0.3) is 5.91 Å². The largest absolute Gasteiger partial charge is 0.271 e. The van der Waals surface area contributed by atoms with Crippen molar-refractivity contribution in [2.45, 2.75) is 19.8 Å². The molecule has 0 fully saturated rings. The van der Waals surface area contributed by atoms with Crippen molar-refractivity contribution in [2.24, 2.45) is 5.10 Å². The zero-order valence-electron chi connectivity index (χ0n) is 11.5. The molecule has 0 spiro atoms. The monoisotopic (exact) mass is 266 g/mol. The van der Waals surface area contributed by atoms with Gasteiger partial charge in [-0.05, 0) is 29.7 Å². The summed E-state index contributed by atoms with van der Waals surface area (Å²) in [4.78, 5) is 11.8. The molecule has 0 aliphatic rings. The van der Waals surface area contributed by atoms with Crippen LogP contribution >= 0.6 is 0 Å². The SMILES string of the molecule is CCC/C=N/NC(=O)c1ccc(-c2ccccc2)cc1. The first kappa shape index (κ1) is 14.0. The maximum Gasteiger partial charge on any atom is 0.271 e. The summed E-state index contributed by atoms with van der Waals surface area (Å²) in [6, 6.07) is 17.6. The molecule has 0 aliphatic heterocycles. The maximum absolute atomic E-state index is 11.8. The van der Waals surface area contributed by atoms with Crippen LogP contribution in [0.25, 0.3) is 11.1 Å². The van der Waals surface area contributed by atoms with Gasteiger partial charge in [-0.25, -0.2) is 5.43 Å². The molecule has 2 rings (SSSR count). The highest BCUT2D eigenvalue weighted by Crippen LogP contribution is 2.19. The smallest absolute Gasteiger partial charge is 0.267 e. The van der Waals surface area contributed by atoms with E-state index in [4.69, 9.17) is 0 Å². The Kier molecular flexibility index (Phi) is 5.07. The molecule has 0 aliphatic carbocycles. The van der Waals surface area contributed by atoms with Crippen molar-refractivity contribution in [3.05, 3.63) is 60.2 Å². The second kappa shape index (κ2) is 7.24.